The number of nitrogens with zero attached hydrogens (tertiary/aromatic N) is 5. The summed E-state index contributed by atoms with van der Waals surface area (Å²) < 4.78 is 27.2. The van der Waals surface area contributed by atoms with Gasteiger partial charge in [-0.05, 0) is 43.3 Å². The van der Waals surface area contributed by atoms with Crippen molar-refractivity contribution in [2.45, 2.75) is 37.6 Å². The van der Waals surface area contributed by atoms with Crippen LogP contribution in [0.3, 0.4) is 0 Å². The van der Waals surface area contributed by atoms with Crippen LogP contribution in [0.15, 0.2) is 58.2 Å². The number of hydrogen-bond donors (Lipinski definition) is 0. The minimum Gasteiger partial charge on any atom is -0.494 e. The normalized spacial score (nSPS) is 11.3. The lowest BCUT2D eigenvalue weighted by molar-refractivity contribution is 0.340. The van der Waals surface area contributed by atoms with Gasteiger partial charge in [0.1, 0.15) is 11.6 Å². The van der Waals surface area contributed by atoms with Crippen LogP contribution in [0.5, 0.6) is 5.75 Å². The molecule has 0 saturated heterocycles. The van der Waals surface area contributed by atoms with Crippen LogP contribution in [0.4, 0.5) is 4.39 Å². The molecule has 0 aliphatic heterocycles. The summed E-state index contributed by atoms with van der Waals surface area (Å²) in [5.74, 6) is 2.64. The smallest absolute Gasteiger partial charge is 0.237 e. The van der Waals surface area contributed by atoms with Crippen LogP contribution in [-0.2, 0) is 5.75 Å². The van der Waals surface area contributed by atoms with Crippen molar-refractivity contribution in [1.29, 1.82) is 0 Å². The fourth-order valence-electron chi connectivity index (χ4n) is 2.95. The quantitative estimate of drug-likeness (QED) is 0.346. The molecule has 0 N–H and O–H groups in total. The van der Waals surface area contributed by atoms with E-state index in [9.17, 15) is 4.39 Å². The van der Waals surface area contributed by atoms with Crippen molar-refractivity contribution in [2.75, 3.05) is 6.61 Å². The highest BCUT2D eigenvalue weighted by Gasteiger charge is 2.20. The van der Waals surface area contributed by atoms with E-state index in [0.29, 0.717) is 40.7 Å². The molecule has 0 aliphatic carbocycles. The minimum absolute atomic E-state index is 0.177. The van der Waals surface area contributed by atoms with E-state index in [1.807, 2.05) is 45.0 Å². The van der Waals surface area contributed by atoms with Gasteiger partial charge in [0.05, 0.1) is 18.0 Å². The maximum Gasteiger partial charge on any atom is 0.237 e. The molecule has 0 radical (unpaired) electrons. The maximum absolute atomic E-state index is 14.7. The summed E-state index contributed by atoms with van der Waals surface area (Å²) in [6.07, 6.45) is 0. The first kappa shape index (κ1) is 21.0. The Kier molecular flexibility index (Phi) is 6.31. The van der Waals surface area contributed by atoms with Crippen LogP contribution in [0.1, 0.15) is 38.4 Å². The van der Waals surface area contributed by atoms with Crippen LogP contribution >= 0.6 is 11.8 Å². The zero-order valence-corrected chi connectivity index (χ0v) is 18.3. The molecule has 2 aromatic carbocycles. The molecule has 0 fully saturated rings. The van der Waals surface area contributed by atoms with Gasteiger partial charge in [-0.3, -0.25) is 4.57 Å². The molecule has 0 bridgehead atoms. The Morgan fingerprint density at radius 1 is 1.10 bits per heavy atom. The van der Waals surface area contributed by atoms with E-state index in [4.69, 9.17) is 9.26 Å². The first-order valence-corrected chi connectivity index (χ1v) is 10.9. The molecule has 0 atom stereocenters. The van der Waals surface area contributed by atoms with Crippen molar-refractivity contribution in [1.82, 2.24) is 24.9 Å². The summed E-state index contributed by atoms with van der Waals surface area (Å²) in [6, 6.07) is 14.0. The third kappa shape index (κ3) is 4.61. The molecule has 7 nitrogen and oxygen atoms in total. The molecule has 0 aliphatic rings. The van der Waals surface area contributed by atoms with Crippen LogP contribution in [0.25, 0.3) is 17.1 Å². The highest BCUT2D eigenvalue weighted by molar-refractivity contribution is 7.98. The Bertz CT molecular complexity index is 1160. The molecule has 4 rings (SSSR count). The van der Waals surface area contributed by atoms with Crippen molar-refractivity contribution in [3.8, 4) is 22.8 Å². The summed E-state index contributed by atoms with van der Waals surface area (Å²) in [4.78, 5) is 4.39. The first-order valence-electron chi connectivity index (χ1n) is 9.95. The molecule has 31 heavy (non-hydrogen) atoms. The second kappa shape index (κ2) is 9.30. The van der Waals surface area contributed by atoms with E-state index in [0.717, 1.165) is 11.3 Å². The fourth-order valence-corrected chi connectivity index (χ4v) is 3.74. The Balaban J connectivity index is 1.69. The standard InChI is InChI=1S/C22H22FN5O2S/c1-4-29-16-11-9-15(10-12-16)21-25-26-22(28(21)18-8-6-5-7-17(18)23)31-13-19-24-20(14(2)3)27-30-19/h5-12,14H,4,13H2,1-3H3. The van der Waals surface area contributed by atoms with E-state index in [-0.39, 0.29) is 11.7 Å². The van der Waals surface area contributed by atoms with Crippen molar-refractivity contribution in [2.24, 2.45) is 0 Å². The first-order chi connectivity index (χ1) is 15.1. The zero-order valence-electron chi connectivity index (χ0n) is 17.4. The van der Waals surface area contributed by atoms with E-state index < -0.39 is 0 Å². The summed E-state index contributed by atoms with van der Waals surface area (Å²) >= 11 is 1.36. The third-order valence-corrected chi connectivity index (χ3v) is 5.39. The summed E-state index contributed by atoms with van der Waals surface area (Å²) in [5, 5.41) is 13.2. The number of aromatic nitrogens is 5. The molecule has 0 spiro atoms. The number of thioether (sulfide) groups is 1. The van der Waals surface area contributed by atoms with E-state index in [2.05, 4.69) is 20.3 Å². The second-order valence-corrected chi connectivity index (χ2v) is 7.98. The van der Waals surface area contributed by atoms with E-state index in [1.165, 1.54) is 17.8 Å². The van der Waals surface area contributed by atoms with Gasteiger partial charge in [0.25, 0.3) is 0 Å². The lowest BCUT2D eigenvalue weighted by Crippen LogP contribution is -2.02. The highest BCUT2D eigenvalue weighted by Crippen LogP contribution is 2.31. The predicted molar refractivity (Wildman–Crippen MR) is 116 cm³/mol. The fraction of sp³-hybridized carbons (Fsp3) is 0.273. The predicted octanol–water partition coefficient (Wildman–Crippen LogP) is 5.27. The van der Waals surface area contributed by atoms with Crippen molar-refractivity contribution >= 4 is 11.8 Å². The van der Waals surface area contributed by atoms with Gasteiger partial charge >= 0.3 is 0 Å². The maximum atomic E-state index is 14.7. The van der Waals surface area contributed by atoms with Crippen LogP contribution < -0.4 is 4.74 Å². The van der Waals surface area contributed by atoms with Crippen LogP contribution in [-0.4, -0.2) is 31.5 Å². The molecular weight excluding hydrogens is 417 g/mol. The van der Waals surface area contributed by atoms with Crippen LogP contribution in [0, 0.1) is 5.82 Å². The van der Waals surface area contributed by atoms with Gasteiger partial charge in [-0.1, -0.05) is 42.9 Å². The van der Waals surface area contributed by atoms with Gasteiger partial charge in [-0.2, -0.15) is 4.98 Å². The molecular formula is C22H22FN5O2S. The number of rotatable bonds is 8. The SMILES string of the molecule is CCOc1ccc(-c2nnc(SCc3nc(C(C)C)no3)n2-c2ccccc2F)cc1. The molecule has 9 heteroatoms. The Morgan fingerprint density at radius 2 is 1.87 bits per heavy atom. The highest BCUT2D eigenvalue weighted by atomic mass is 32.2. The van der Waals surface area contributed by atoms with Gasteiger partial charge in [0.15, 0.2) is 16.8 Å². The van der Waals surface area contributed by atoms with E-state index in [1.54, 1.807) is 22.8 Å². The Morgan fingerprint density at radius 3 is 2.55 bits per heavy atom. The van der Waals surface area contributed by atoms with Crippen molar-refractivity contribution in [3.63, 3.8) is 0 Å². The van der Waals surface area contributed by atoms with Crippen molar-refractivity contribution in [3.05, 3.63) is 66.1 Å². The molecule has 0 saturated carbocycles. The molecule has 2 heterocycles. The van der Waals surface area contributed by atoms with E-state index >= 15 is 0 Å². The molecule has 0 unspecified atom stereocenters. The van der Waals surface area contributed by atoms with Crippen molar-refractivity contribution < 1.29 is 13.7 Å². The lowest BCUT2D eigenvalue weighted by Gasteiger charge is -2.11. The molecule has 160 valence electrons. The summed E-state index contributed by atoms with van der Waals surface area (Å²) in [6.45, 7) is 6.51. The number of hydrogen-bond acceptors (Lipinski definition) is 7. The third-order valence-electron chi connectivity index (χ3n) is 4.48. The number of para-hydroxylation sites is 1. The van der Waals surface area contributed by atoms with Gasteiger partial charge < -0.3 is 9.26 Å². The molecule has 2 aromatic heterocycles. The average molecular weight is 440 g/mol. The monoisotopic (exact) mass is 439 g/mol. The average Bonchev–Trinajstić information content (AvgIpc) is 3.41. The summed E-state index contributed by atoms with van der Waals surface area (Å²) in [7, 11) is 0. The molecule has 4 aromatic rings. The van der Waals surface area contributed by atoms with Gasteiger partial charge in [0.2, 0.25) is 5.89 Å². The Hall–Kier alpha value is -3.20. The zero-order chi connectivity index (χ0) is 21.8. The lowest BCUT2D eigenvalue weighted by atomic mass is 10.2. The molecule has 0 amide bonds. The number of ether oxygens (including phenoxy) is 1. The van der Waals surface area contributed by atoms with Gasteiger partial charge in [-0.25, -0.2) is 4.39 Å². The van der Waals surface area contributed by atoms with Gasteiger partial charge in [0, 0.05) is 11.5 Å². The number of benzene rings is 2. The Labute approximate surface area is 183 Å². The minimum atomic E-state index is -0.365. The van der Waals surface area contributed by atoms with Gasteiger partial charge in [-0.15, -0.1) is 10.2 Å². The topological polar surface area (TPSA) is 78.9 Å². The second-order valence-electron chi connectivity index (χ2n) is 7.04. The largest absolute Gasteiger partial charge is 0.494 e. The number of halogens is 1. The van der Waals surface area contributed by atoms with Crippen LogP contribution in [0.2, 0.25) is 0 Å². The summed E-state index contributed by atoms with van der Waals surface area (Å²) in [5.41, 5.74) is 1.17.